The Morgan fingerprint density at radius 3 is 1.68 bits per heavy atom. The van der Waals surface area contributed by atoms with Gasteiger partial charge in [0, 0.05) is 53.7 Å². The summed E-state index contributed by atoms with van der Waals surface area (Å²) in [4.78, 5) is 12.3. The Kier molecular flexibility index (Phi) is 7.24. The normalized spacial score (nSPS) is 12.1. The van der Waals surface area contributed by atoms with Crippen LogP contribution in [0.3, 0.4) is 0 Å². The molecule has 0 bridgehead atoms. The molecule has 0 amide bonds. The Bertz CT molecular complexity index is 3970. The fourth-order valence-corrected chi connectivity index (χ4v) is 11.5. The Balaban J connectivity index is 1.14. The third-order valence-corrected chi connectivity index (χ3v) is 14.1. The maximum absolute atomic E-state index is 5.77. The average Bonchev–Trinajstić information content (AvgIpc) is 3.98. The predicted octanol–water partition coefficient (Wildman–Crippen LogP) is 15.7. The van der Waals surface area contributed by atoms with Crippen molar-refractivity contribution in [3.05, 3.63) is 206 Å². The highest BCUT2D eigenvalue weighted by molar-refractivity contribution is 7.25. The molecule has 13 aromatic rings. The van der Waals surface area contributed by atoms with Crippen molar-refractivity contribution in [2.24, 2.45) is 0 Å². The highest BCUT2D eigenvalue weighted by Crippen LogP contribution is 2.52. The SMILES string of the molecule is c1ccc(-c2cc(-c3ccccc3)cc(-c3nc(-n4c5ccccc5c5c6c7c(cc54)c4ccccc4n7-c4ccccc4-c4ccccc4-6)nc4sc5ccccc5c34)c2)cc1. The summed E-state index contributed by atoms with van der Waals surface area (Å²) in [5.41, 5.74) is 17.2. The van der Waals surface area contributed by atoms with E-state index in [0.717, 1.165) is 54.8 Å². The molecule has 9 aromatic carbocycles. The lowest BCUT2D eigenvalue weighted by Crippen LogP contribution is -2.03. The van der Waals surface area contributed by atoms with Crippen LogP contribution < -0.4 is 0 Å². The second-order valence-electron chi connectivity index (χ2n) is 16.5. The third-order valence-electron chi connectivity index (χ3n) is 13.1. The Morgan fingerprint density at radius 2 is 0.937 bits per heavy atom. The van der Waals surface area contributed by atoms with E-state index in [1.165, 1.54) is 70.6 Å². The van der Waals surface area contributed by atoms with Crippen LogP contribution in [0.1, 0.15) is 0 Å². The lowest BCUT2D eigenvalue weighted by molar-refractivity contribution is 1.02. The van der Waals surface area contributed by atoms with Crippen LogP contribution in [0.25, 0.3) is 131 Å². The summed E-state index contributed by atoms with van der Waals surface area (Å²) in [6.45, 7) is 0. The Labute approximate surface area is 366 Å². The molecule has 292 valence electrons. The molecule has 5 heteroatoms. The minimum Gasteiger partial charge on any atom is -0.308 e. The maximum Gasteiger partial charge on any atom is 0.236 e. The van der Waals surface area contributed by atoms with E-state index in [9.17, 15) is 0 Å². The van der Waals surface area contributed by atoms with Gasteiger partial charge in [0.15, 0.2) is 0 Å². The lowest BCUT2D eigenvalue weighted by Gasteiger charge is -2.14. The van der Waals surface area contributed by atoms with Crippen LogP contribution in [0, 0.1) is 0 Å². The Hall–Kier alpha value is -8.12. The molecule has 0 fully saturated rings. The molecular formula is C58H34N4S. The highest BCUT2D eigenvalue weighted by Gasteiger charge is 2.30. The van der Waals surface area contributed by atoms with E-state index in [-0.39, 0.29) is 0 Å². The fourth-order valence-electron chi connectivity index (χ4n) is 10.4. The summed E-state index contributed by atoms with van der Waals surface area (Å²) in [5.74, 6) is 0.655. The van der Waals surface area contributed by atoms with Crippen LogP contribution in [0.15, 0.2) is 206 Å². The van der Waals surface area contributed by atoms with Crippen molar-refractivity contribution in [1.29, 1.82) is 0 Å². The summed E-state index contributed by atoms with van der Waals surface area (Å²) in [7, 11) is 0. The first-order valence-electron chi connectivity index (χ1n) is 21.4. The zero-order valence-corrected chi connectivity index (χ0v) is 34.6. The van der Waals surface area contributed by atoms with Crippen LogP contribution in [0.2, 0.25) is 0 Å². The van der Waals surface area contributed by atoms with Gasteiger partial charge in [0.05, 0.1) is 33.4 Å². The van der Waals surface area contributed by atoms with Gasteiger partial charge in [-0.15, -0.1) is 11.3 Å². The molecule has 1 aliphatic rings. The van der Waals surface area contributed by atoms with Crippen LogP contribution in [-0.4, -0.2) is 19.1 Å². The molecule has 0 saturated heterocycles. The van der Waals surface area contributed by atoms with Gasteiger partial charge in [-0.3, -0.25) is 4.57 Å². The monoisotopic (exact) mass is 818 g/mol. The van der Waals surface area contributed by atoms with Crippen molar-refractivity contribution in [2.45, 2.75) is 0 Å². The number of thiophene rings is 1. The number of nitrogens with zero attached hydrogens (tertiary/aromatic N) is 4. The van der Waals surface area contributed by atoms with Crippen LogP contribution in [-0.2, 0) is 0 Å². The predicted molar refractivity (Wildman–Crippen MR) is 264 cm³/mol. The minimum atomic E-state index is 0.655. The summed E-state index contributed by atoms with van der Waals surface area (Å²) >= 11 is 1.74. The highest BCUT2D eigenvalue weighted by atomic mass is 32.1. The van der Waals surface area contributed by atoms with E-state index in [2.05, 4.69) is 215 Å². The molecule has 14 rings (SSSR count). The second kappa shape index (κ2) is 13.2. The van der Waals surface area contributed by atoms with E-state index in [0.29, 0.717) is 5.95 Å². The number of hydrogen-bond donors (Lipinski definition) is 0. The quantitative estimate of drug-likeness (QED) is 0.177. The summed E-state index contributed by atoms with van der Waals surface area (Å²) in [6.07, 6.45) is 0. The lowest BCUT2D eigenvalue weighted by atomic mass is 9.91. The number of fused-ring (bicyclic) bond motifs is 15. The first-order valence-corrected chi connectivity index (χ1v) is 22.2. The smallest absolute Gasteiger partial charge is 0.236 e. The molecule has 0 N–H and O–H groups in total. The number of aromatic nitrogens is 4. The van der Waals surface area contributed by atoms with E-state index in [1.54, 1.807) is 11.3 Å². The molecule has 4 nitrogen and oxygen atoms in total. The topological polar surface area (TPSA) is 35.6 Å². The van der Waals surface area contributed by atoms with Gasteiger partial charge in [-0.05, 0) is 81.9 Å². The van der Waals surface area contributed by atoms with Crippen molar-refractivity contribution in [1.82, 2.24) is 19.1 Å². The zero-order chi connectivity index (χ0) is 41.2. The first-order chi connectivity index (χ1) is 31.3. The van der Waals surface area contributed by atoms with Gasteiger partial charge in [0.2, 0.25) is 5.95 Å². The second-order valence-corrected chi connectivity index (χ2v) is 17.5. The Morgan fingerprint density at radius 1 is 0.365 bits per heavy atom. The summed E-state index contributed by atoms with van der Waals surface area (Å²) in [5, 5.41) is 7.03. The summed E-state index contributed by atoms with van der Waals surface area (Å²) in [6, 6.07) is 74.8. The van der Waals surface area contributed by atoms with Crippen LogP contribution >= 0.6 is 11.3 Å². The number of benzene rings is 9. The van der Waals surface area contributed by atoms with Crippen molar-refractivity contribution < 1.29 is 0 Å². The van der Waals surface area contributed by atoms with Gasteiger partial charge >= 0.3 is 0 Å². The van der Waals surface area contributed by atoms with Gasteiger partial charge in [-0.1, -0.05) is 158 Å². The van der Waals surface area contributed by atoms with Crippen molar-refractivity contribution in [3.63, 3.8) is 0 Å². The van der Waals surface area contributed by atoms with Gasteiger partial charge < -0.3 is 4.57 Å². The van der Waals surface area contributed by atoms with E-state index in [1.807, 2.05) is 0 Å². The molecule has 4 aromatic heterocycles. The molecule has 0 aliphatic carbocycles. The third kappa shape index (κ3) is 4.97. The van der Waals surface area contributed by atoms with Crippen LogP contribution in [0.4, 0.5) is 0 Å². The molecule has 0 unspecified atom stereocenters. The molecule has 1 aliphatic heterocycles. The molecule has 0 atom stereocenters. The van der Waals surface area contributed by atoms with Gasteiger partial charge in [0.25, 0.3) is 0 Å². The molecule has 5 heterocycles. The molecule has 63 heavy (non-hydrogen) atoms. The standard InChI is InChI=1S/C58H34N4S/c1-3-17-35(18-4-1)37-31-38(36-19-5-2-6-20-36)33-39(32-37)55-54-45-26-12-16-30-51(45)63-57(54)60-58(59-55)62-49-29-15-11-25-44(49)52-50(62)34-46-42-23-10-14-28-48(42)61-47-27-13-9-22-41(47)40-21-7-8-24-43(40)53(52)56(46)61/h1-34H. The number of rotatable bonds is 4. The van der Waals surface area contributed by atoms with E-state index in [4.69, 9.17) is 9.97 Å². The van der Waals surface area contributed by atoms with Crippen molar-refractivity contribution in [3.8, 4) is 67.4 Å². The largest absolute Gasteiger partial charge is 0.308 e. The molecule has 0 spiro atoms. The number of hydrogen-bond acceptors (Lipinski definition) is 3. The van der Waals surface area contributed by atoms with Gasteiger partial charge in [0.1, 0.15) is 4.83 Å². The minimum absolute atomic E-state index is 0.655. The molecule has 0 radical (unpaired) electrons. The zero-order valence-electron chi connectivity index (χ0n) is 33.8. The summed E-state index contributed by atoms with van der Waals surface area (Å²) < 4.78 is 6.03. The van der Waals surface area contributed by atoms with Crippen LogP contribution in [0.5, 0.6) is 0 Å². The van der Waals surface area contributed by atoms with Crippen molar-refractivity contribution in [2.75, 3.05) is 0 Å². The average molecular weight is 819 g/mol. The first kappa shape index (κ1) is 34.6. The number of para-hydroxylation sites is 3. The van der Waals surface area contributed by atoms with E-state index >= 15 is 0 Å². The fraction of sp³-hybridized carbons (Fsp3) is 0. The van der Waals surface area contributed by atoms with E-state index < -0.39 is 0 Å². The van der Waals surface area contributed by atoms with Gasteiger partial charge in [-0.2, -0.15) is 0 Å². The maximum atomic E-state index is 5.77. The molecule has 0 saturated carbocycles. The molecular weight excluding hydrogens is 785 g/mol. The van der Waals surface area contributed by atoms with Crippen molar-refractivity contribution >= 4 is 75.3 Å². The van der Waals surface area contributed by atoms with Gasteiger partial charge in [-0.25, -0.2) is 9.97 Å².